The van der Waals surface area contributed by atoms with Gasteiger partial charge in [-0.3, -0.25) is 4.21 Å². The van der Waals surface area contributed by atoms with E-state index in [9.17, 15) is 4.21 Å². The molecular weight excluding hydrogens is 168 g/mol. The zero-order valence-corrected chi connectivity index (χ0v) is 9.19. The molecule has 1 rings (SSSR count). The van der Waals surface area contributed by atoms with Crippen molar-refractivity contribution in [2.24, 2.45) is 5.92 Å². The summed E-state index contributed by atoms with van der Waals surface area (Å²) in [5.41, 5.74) is 0. The Morgan fingerprint density at radius 1 is 1.33 bits per heavy atom. The first-order chi connectivity index (χ1) is 5.66. The Morgan fingerprint density at radius 3 is 2.58 bits per heavy atom. The SMILES string of the molecule is CCCC1CCC(C)S(=O)C1C. The molecule has 0 aliphatic carbocycles. The van der Waals surface area contributed by atoms with E-state index in [1.807, 2.05) is 0 Å². The van der Waals surface area contributed by atoms with Gasteiger partial charge >= 0.3 is 0 Å². The van der Waals surface area contributed by atoms with Crippen LogP contribution in [0.4, 0.5) is 0 Å². The molecule has 4 unspecified atom stereocenters. The van der Waals surface area contributed by atoms with Gasteiger partial charge in [0.1, 0.15) is 0 Å². The smallest absolute Gasteiger partial charge is 0.0350 e. The van der Waals surface area contributed by atoms with E-state index in [0.717, 1.165) is 5.92 Å². The molecule has 12 heavy (non-hydrogen) atoms. The van der Waals surface area contributed by atoms with Gasteiger partial charge in [0.25, 0.3) is 0 Å². The molecule has 0 N–H and O–H groups in total. The topological polar surface area (TPSA) is 17.1 Å². The number of hydrogen-bond donors (Lipinski definition) is 0. The fraction of sp³-hybridized carbons (Fsp3) is 1.00. The summed E-state index contributed by atoms with van der Waals surface area (Å²) in [5, 5.41) is 0.877. The molecule has 1 nitrogen and oxygen atoms in total. The minimum absolute atomic E-state index is 0.438. The van der Waals surface area contributed by atoms with Crippen molar-refractivity contribution in [2.45, 2.75) is 57.0 Å². The molecule has 1 heterocycles. The van der Waals surface area contributed by atoms with Crippen molar-refractivity contribution < 1.29 is 4.21 Å². The lowest BCUT2D eigenvalue weighted by Gasteiger charge is -2.31. The molecule has 1 aliphatic rings. The Morgan fingerprint density at radius 2 is 2.00 bits per heavy atom. The highest BCUT2D eigenvalue weighted by Gasteiger charge is 2.30. The molecule has 0 aromatic carbocycles. The Balaban J connectivity index is 2.52. The lowest BCUT2D eigenvalue weighted by Crippen LogP contribution is -2.34. The standard InChI is InChI=1S/C10H20OS/c1-4-5-10-7-6-8(2)12(11)9(10)3/h8-10H,4-7H2,1-3H3. The summed E-state index contributed by atoms with van der Waals surface area (Å²) in [6.45, 7) is 6.49. The molecule has 2 heteroatoms. The van der Waals surface area contributed by atoms with Gasteiger partial charge in [0.2, 0.25) is 0 Å². The van der Waals surface area contributed by atoms with E-state index in [-0.39, 0.29) is 0 Å². The van der Waals surface area contributed by atoms with E-state index in [0.29, 0.717) is 10.5 Å². The van der Waals surface area contributed by atoms with Gasteiger partial charge in [-0.05, 0) is 25.2 Å². The van der Waals surface area contributed by atoms with Crippen LogP contribution in [0.5, 0.6) is 0 Å². The van der Waals surface area contributed by atoms with Gasteiger partial charge < -0.3 is 0 Å². The molecule has 0 radical (unpaired) electrons. The van der Waals surface area contributed by atoms with E-state index in [4.69, 9.17) is 0 Å². The van der Waals surface area contributed by atoms with Crippen LogP contribution >= 0.6 is 0 Å². The summed E-state index contributed by atoms with van der Waals surface area (Å²) in [6.07, 6.45) is 4.96. The monoisotopic (exact) mass is 188 g/mol. The Labute approximate surface area is 78.4 Å². The number of rotatable bonds is 2. The molecule has 72 valence electrons. The minimum Gasteiger partial charge on any atom is -0.259 e. The maximum Gasteiger partial charge on any atom is 0.0350 e. The maximum absolute atomic E-state index is 11.7. The van der Waals surface area contributed by atoms with Crippen molar-refractivity contribution in [3.8, 4) is 0 Å². The second-order valence-corrected chi connectivity index (χ2v) is 6.18. The Bertz CT molecular complexity index is 167. The van der Waals surface area contributed by atoms with Crippen molar-refractivity contribution in [2.75, 3.05) is 0 Å². The highest BCUT2D eigenvalue weighted by molar-refractivity contribution is 7.86. The molecule has 0 amide bonds. The van der Waals surface area contributed by atoms with Crippen LogP contribution in [0.15, 0.2) is 0 Å². The van der Waals surface area contributed by atoms with Crippen molar-refractivity contribution in [1.82, 2.24) is 0 Å². The largest absolute Gasteiger partial charge is 0.259 e. The van der Waals surface area contributed by atoms with Gasteiger partial charge in [0, 0.05) is 21.3 Å². The lowest BCUT2D eigenvalue weighted by molar-refractivity contribution is 0.401. The summed E-state index contributed by atoms with van der Waals surface area (Å²) >= 11 is 0. The molecule has 4 atom stereocenters. The zero-order valence-electron chi connectivity index (χ0n) is 8.38. The molecule has 0 spiro atoms. The summed E-state index contributed by atoms with van der Waals surface area (Å²) in [5.74, 6) is 0.729. The van der Waals surface area contributed by atoms with Crippen LogP contribution in [-0.2, 0) is 10.8 Å². The molecule has 1 fully saturated rings. The molecule has 0 aromatic rings. The lowest BCUT2D eigenvalue weighted by atomic mass is 9.93. The maximum atomic E-state index is 11.7. The van der Waals surface area contributed by atoms with Gasteiger partial charge in [0.15, 0.2) is 0 Å². The van der Waals surface area contributed by atoms with Crippen LogP contribution in [-0.4, -0.2) is 14.7 Å². The first-order valence-corrected chi connectivity index (χ1v) is 6.33. The van der Waals surface area contributed by atoms with Crippen LogP contribution in [0.2, 0.25) is 0 Å². The van der Waals surface area contributed by atoms with Crippen molar-refractivity contribution in [1.29, 1.82) is 0 Å². The van der Waals surface area contributed by atoms with Crippen LogP contribution in [0.1, 0.15) is 46.5 Å². The van der Waals surface area contributed by atoms with Crippen LogP contribution in [0.3, 0.4) is 0 Å². The van der Waals surface area contributed by atoms with E-state index >= 15 is 0 Å². The van der Waals surface area contributed by atoms with Crippen LogP contribution in [0, 0.1) is 5.92 Å². The van der Waals surface area contributed by atoms with Gasteiger partial charge in [0.05, 0.1) is 0 Å². The quantitative estimate of drug-likeness (QED) is 0.651. The first kappa shape index (κ1) is 10.2. The third kappa shape index (κ3) is 2.09. The van der Waals surface area contributed by atoms with E-state index in [2.05, 4.69) is 20.8 Å². The molecule has 1 saturated heterocycles. The predicted octanol–water partition coefficient (Wildman–Crippen LogP) is 2.72. The van der Waals surface area contributed by atoms with E-state index in [1.165, 1.54) is 25.7 Å². The van der Waals surface area contributed by atoms with Crippen molar-refractivity contribution in [3.63, 3.8) is 0 Å². The van der Waals surface area contributed by atoms with Gasteiger partial charge in [-0.1, -0.05) is 27.2 Å². The zero-order chi connectivity index (χ0) is 9.14. The third-order valence-electron chi connectivity index (χ3n) is 3.03. The summed E-state index contributed by atoms with van der Waals surface area (Å²) in [7, 11) is -0.561. The molecule has 0 bridgehead atoms. The van der Waals surface area contributed by atoms with E-state index < -0.39 is 10.8 Å². The average molecular weight is 188 g/mol. The summed E-state index contributed by atoms with van der Waals surface area (Å²) < 4.78 is 11.7. The highest BCUT2D eigenvalue weighted by atomic mass is 32.2. The predicted molar refractivity (Wildman–Crippen MR) is 54.7 cm³/mol. The Kier molecular flexibility index (Phi) is 3.76. The summed E-state index contributed by atoms with van der Waals surface area (Å²) in [4.78, 5) is 0. The van der Waals surface area contributed by atoms with Crippen molar-refractivity contribution >= 4 is 10.8 Å². The average Bonchev–Trinajstić information content (AvgIpc) is 2.07. The first-order valence-electron chi connectivity index (χ1n) is 5.06. The van der Waals surface area contributed by atoms with Crippen LogP contribution in [0.25, 0.3) is 0 Å². The fourth-order valence-electron chi connectivity index (χ4n) is 2.11. The van der Waals surface area contributed by atoms with Gasteiger partial charge in [-0.25, -0.2) is 0 Å². The highest BCUT2D eigenvalue weighted by Crippen LogP contribution is 2.30. The van der Waals surface area contributed by atoms with Crippen LogP contribution < -0.4 is 0 Å². The number of hydrogen-bond acceptors (Lipinski definition) is 1. The molecule has 1 aliphatic heterocycles. The molecule has 0 aromatic heterocycles. The molecular formula is C10H20OS. The summed E-state index contributed by atoms with van der Waals surface area (Å²) in [6, 6.07) is 0. The fourth-order valence-corrected chi connectivity index (χ4v) is 3.86. The Hall–Kier alpha value is 0.150. The van der Waals surface area contributed by atoms with Crippen molar-refractivity contribution in [3.05, 3.63) is 0 Å². The minimum atomic E-state index is -0.561. The van der Waals surface area contributed by atoms with E-state index in [1.54, 1.807) is 0 Å². The second-order valence-electron chi connectivity index (χ2n) is 3.97. The normalized spacial score (nSPS) is 42.9. The molecule has 0 saturated carbocycles. The second kappa shape index (κ2) is 4.40. The van der Waals surface area contributed by atoms with Gasteiger partial charge in [-0.2, -0.15) is 0 Å². The third-order valence-corrected chi connectivity index (χ3v) is 5.18. The van der Waals surface area contributed by atoms with Gasteiger partial charge in [-0.15, -0.1) is 0 Å².